The molecule has 4 rings (SSSR count). The number of carboxylic acid groups (broad SMARTS) is 1. The first kappa shape index (κ1) is 23.1. The summed E-state index contributed by atoms with van der Waals surface area (Å²) in [5.41, 5.74) is 0.810. The van der Waals surface area contributed by atoms with Gasteiger partial charge in [-0.1, -0.05) is 20.8 Å². The number of nitrogens with one attached hydrogen (secondary N) is 1. The molecule has 1 amide bonds. The van der Waals surface area contributed by atoms with Crippen molar-refractivity contribution in [3.05, 3.63) is 0 Å². The van der Waals surface area contributed by atoms with Gasteiger partial charge in [0.1, 0.15) is 6.54 Å². The SMILES string of the molecule is C[C@H](CCC(=O)NCC(=O)O)[C@H]1CCC2[C@@H]3CC[C@@H]4C[C@H](O)CC[C@]4(C)[C@H]3CC[C@@]21C. The topological polar surface area (TPSA) is 86.6 Å². The van der Waals surface area contributed by atoms with E-state index in [1.54, 1.807) is 0 Å². The molecule has 0 aromatic rings. The van der Waals surface area contributed by atoms with E-state index in [1.807, 2.05) is 0 Å². The Morgan fingerprint density at radius 1 is 1.00 bits per heavy atom. The van der Waals surface area contributed by atoms with Gasteiger partial charge in [0.05, 0.1) is 6.10 Å². The molecule has 5 nitrogen and oxygen atoms in total. The summed E-state index contributed by atoms with van der Waals surface area (Å²) in [4.78, 5) is 22.7. The van der Waals surface area contributed by atoms with Gasteiger partial charge in [-0.3, -0.25) is 9.59 Å². The number of aliphatic hydroxyl groups excluding tert-OH is 1. The lowest BCUT2D eigenvalue weighted by molar-refractivity contribution is -0.138. The molecular formula is C26H43NO4. The minimum Gasteiger partial charge on any atom is -0.480 e. The van der Waals surface area contributed by atoms with E-state index in [-0.39, 0.29) is 18.6 Å². The number of fused-ring (bicyclic) bond motifs is 5. The van der Waals surface area contributed by atoms with Crippen LogP contribution >= 0.6 is 0 Å². The van der Waals surface area contributed by atoms with Crippen LogP contribution in [0.2, 0.25) is 0 Å². The molecule has 176 valence electrons. The number of hydrogen-bond donors (Lipinski definition) is 3. The number of aliphatic hydroxyl groups is 1. The Balaban J connectivity index is 1.40. The van der Waals surface area contributed by atoms with E-state index in [4.69, 9.17) is 5.11 Å². The minimum absolute atomic E-state index is 0.0760. The fourth-order valence-electron chi connectivity index (χ4n) is 9.03. The summed E-state index contributed by atoms with van der Waals surface area (Å²) in [7, 11) is 0. The van der Waals surface area contributed by atoms with Crippen molar-refractivity contribution in [1.82, 2.24) is 5.32 Å². The molecule has 0 heterocycles. The quantitative estimate of drug-likeness (QED) is 0.570. The van der Waals surface area contributed by atoms with Crippen LogP contribution in [0.25, 0.3) is 0 Å². The van der Waals surface area contributed by atoms with Crippen LogP contribution in [0, 0.1) is 46.3 Å². The van der Waals surface area contributed by atoms with E-state index in [9.17, 15) is 14.7 Å². The number of amides is 1. The van der Waals surface area contributed by atoms with Crippen molar-refractivity contribution in [2.45, 2.75) is 97.5 Å². The highest BCUT2D eigenvalue weighted by molar-refractivity contribution is 5.81. The summed E-state index contributed by atoms with van der Waals surface area (Å²) in [5, 5.41) is 21.5. The van der Waals surface area contributed by atoms with Gasteiger partial charge in [-0.05, 0) is 111 Å². The van der Waals surface area contributed by atoms with Crippen molar-refractivity contribution in [3.63, 3.8) is 0 Å². The highest BCUT2D eigenvalue weighted by Gasteiger charge is 2.60. The van der Waals surface area contributed by atoms with E-state index < -0.39 is 5.97 Å². The number of carbonyl (C=O) groups is 2. The minimum atomic E-state index is -0.986. The lowest BCUT2D eigenvalue weighted by Gasteiger charge is -2.61. The molecule has 0 bridgehead atoms. The third-order valence-corrected chi connectivity index (χ3v) is 10.7. The first-order valence-corrected chi connectivity index (χ1v) is 12.8. The van der Waals surface area contributed by atoms with Crippen LogP contribution in [0.5, 0.6) is 0 Å². The van der Waals surface area contributed by atoms with E-state index in [1.165, 1.54) is 44.9 Å². The second-order valence-corrected chi connectivity index (χ2v) is 12.0. The first-order chi connectivity index (χ1) is 14.6. The summed E-state index contributed by atoms with van der Waals surface area (Å²) in [6.07, 6.45) is 12.3. The maximum atomic E-state index is 12.0. The summed E-state index contributed by atoms with van der Waals surface area (Å²) in [5.74, 6) is 3.23. The molecule has 0 aromatic heterocycles. The second-order valence-electron chi connectivity index (χ2n) is 12.0. The smallest absolute Gasteiger partial charge is 0.322 e. The highest BCUT2D eigenvalue weighted by atomic mass is 16.4. The van der Waals surface area contributed by atoms with Gasteiger partial charge in [-0.2, -0.15) is 0 Å². The maximum Gasteiger partial charge on any atom is 0.322 e. The third-order valence-electron chi connectivity index (χ3n) is 10.7. The Kier molecular flexibility index (Phi) is 6.46. The lowest BCUT2D eigenvalue weighted by Crippen LogP contribution is -2.54. The van der Waals surface area contributed by atoms with Gasteiger partial charge in [0.25, 0.3) is 0 Å². The van der Waals surface area contributed by atoms with Crippen LogP contribution in [-0.2, 0) is 9.59 Å². The fourth-order valence-corrected chi connectivity index (χ4v) is 9.03. The predicted octanol–water partition coefficient (Wildman–Crippen LogP) is 4.62. The normalized spacial score (nSPS) is 45.2. The Morgan fingerprint density at radius 3 is 2.45 bits per heavy atom. The molecule has 1 unspecified atom stereocenters. The van der Waals surface area contributed by atoms with Crippen LogP contribution in [0.1, 0.15) is 91.4 Å². The van der Waals surface area contributed by atoms with Crippen molar-refractivity contribution < 1.29 is 19.8 Å². The highest BCUT2D eigenvalue weighted by Crippen LogP contribution is 2.68. The predicted molar refractivity (Wildman–Crippen MR) is 120 cm³/mol. The number of rotatable bonds is 6. The number of aliphatic carboxylic acids is 1. The third kappa shape index (κ3) is 4.16. The molecule has 0 aromatic carbocycles. The monoisotopic (exact) mass is 433 g/mol. The van der Waals surface area contributed by atoms with E-state index in [0.717, 1.165) is 37.0 Å². The Labute approximate surface area is 187 Å². The van der Waals surface area contributed by atoms with Crippen LogP contribution in [0.4, 0.5) is 0 Å². The number of hydrogen-bond acceptors (Lipinski definition) is 3. The Bertz CT molecular complexity index is 695. The molecule has 4 fully saturated rings. The zero-order valence-electron chi connectivity index (χ0n) is 19.7. The molecule has 5 heteroatoms. The van der Waals surface area contributed by atoms with Gasteiger partial charge in [-0.15, -0.1) is 0 Å². The van der Waals surface area contributed by atoms with Crippen LogP contribution < -0.4 is 5.32 Å². The molecule has 0 aliphatic heterocycles. The zero-order chi connectivity index (χ0) is 22.4. The van der Waals surface area contributed by atoms with E-state index >= 15 is 0 Å². The molecule has 0 spiro atoms. The Hall–Kier alpha value is -1.10. The van der Waals surface area contributed by atoms with E-state index in [2.05, 4.69) is 26.1 Å². The molecule has 0 saturated heterocycles. The molecular weight excluding hydrogens is 390 g/mol. The van der Waals surface area contributed by atoms with Crippen molar-refractivity contribution >= 4 is 11.9 Å². The summed E-state index contributed by atoms with van der Waals surface area (Å²) >= 11 is 0. The van der Waals surface area contributed by atoms with Crippen molar-refractivity contribution in [2.24, 2.45) is 46.3 Å². The van der Waals surface area contributed by atoms with Gasteiger partial charge in [0.15, 0.2) is 0 Å². The molecule has 3 N–H and O–H groups in total. The summed E-state index contributed by atoms with van der Waals surface area (Å²) in [6, 6.07) is 0. The second kappa shape index (κ2) is 8.68. The fraction of sp³-hybridized carbons (Fsp3) is 0.923. The van der Waals surface area contributed by atoms with Crippen LogP contribution in [0.3, 0.4) is 0 Å². The maximum absolute atomic E-state index is 12.0. The average molecular weight is 434 g/mol. The first-order valence-electron chi connectivity index (χ1n) is 12.8. The van der Waals surface area contributed by atoms with Crippen LogP contribution in [-0.4, -0.2) is 34.7 Å². The Morgan fingerprint density at radius 2 is 1.71 bits per heavy atom. The zero-order valence-corrected chi connectivity index (χ0v) is 19.7. The molecule has 4 aliphatic carbocycles. The van der Waals surface area contributed by atoms with Gasteiger partial charge in [0, 0.05) is 6.42 Å². The molecule has 4 saturated carbocycles. The molecule has 4 aliphatic rings. The van der Waals surface area contributed by atoms with Gasteiger partial charge in [-0.25, -0.2) is 0 Å². The van der Waals surface area contributed by atoms with Gasteiger partial charge < -0.3 is 15.5 Å². The van der Waals surface area contributed by atoms with Gasteiger partial charge >= 0.3 is 5.97 Å². The number of carbonyl (C=O) groups excluding carboxylic acids is 1. The molecule has 31 heavy (non-hydrogen) atoms. The van der Waals surface area contributed by atoms with Crippen molar-refractivity contribution in [3.8, 4) is 0 Å². The number of carboxylic acids is 1. The summed E-state index contributed by atoms with van der Waals surface area (Å²) in [6.45, 7) is 7.13. The van der Waals surface area contributed by atoms with E-state index in [0.29, 0.717) is 35.0 Å². The van der Waals surface area contributed by atoms with Gasteiger partial charge in [0.2, 0.25) is 5.91 Å². The molecule has 0 radical (unpaired) electrons. The van der Waals surface area contributed by atoms with Crippen molar-refractivity contribution in [1.29, 1.82) is 0 Å². The molecule has 9 atom stereocenters. The standard InChI is InChI=1S/C26H43NO4/c1-16(4-9-23(29)27-15-24(30)31)20-7-8-21-19-6-5-17-14-18(28)10-12-25(17,2)22(19)11-13-26(20,21)3/h16-22,28H,4-15H2,1-3H3,(H,27,29)(H,30,31)/t16-,17-,18-,19+,20-,21?,22+,25+,26-/m1/s1. The van der Waals surface area contributed by atoms with Crippen molar-refractivity contribution in [2.75, 3.05) is 6.54 Å². The summed E-state index contributed by atoms with van der Waals surface area (Å²) < 4.78 is 0. The lowest BCUT2D eigenvalue weighted by atomic mass is 9.44. The van der Waals surface area contributed by atoms with Crippen LogP contribution in [0.15, 0.2) is 0 Å². The largest absolute Gasteiger partial charge is 0.480 e. The average Bonchev–Trinajstić information content (AvgIpc) is 3.08.